The number of nitrogens with zero attached hydrogens (tertiary/aromatic N) is 2. The van der Waals surface area contributed by atoms with Crippen LogP contribution in [0.25, 0.3) is 10.9 Å². The number of carbonyl (C=O) groups excluding carboxylic acids is 1. The molecule has 0 unspecified atom stereocenters. The molecule has 0 spiro atoms. The molecule has 1 amide bonds. The van der Waals surface area contributed by atoms with E-state index in [1.54, 1.807) is 24.3 Å². The molecule has 1 N–H and O–H groups in total. The maximum atomic E-state index is 13.1. The predicted molar refractivity (Wildman–Crippen MR) is 112 cm³/mol. The van der Waals surface area contributed by atoms with Crippen LogP contribution in [0.2, 0.25) is 0 Å². The highest BCUT2D eigenvalue weighted by molar-refractivity contribution is 7.99. The molecule has 0 aliphatic carbocycles. The van der Waals surface area contributed by atoms with Crippen molar-refractivity contribution in [3.63, 3.8) is 0 Å². The second-order valence-electron chi connectivity index (χ2n) is 6.60. The molecular formula is C21H20F3N3O2S. The first kappa shape index (κ1) is 21.9. The molecule has 0 fully saturated rings. The van der Waals surface area contributed by atoms with Crippen molar-refractivity contribution in [3.8, 4) is 0 Å². The van der Waals surface area contributed by atoms with Gasteiger partial charge in [-0.3, -0.25) is 14.2 Å². The van der Waals surface area contributed by atoms with Gasteiger partial charge in [0.15, 0.2) is 5.16 Å². The summed E-state index contributed by atoms with van der Waals surface area (Å²) in [7, 11) is 0. The molecule has 158 valence electrons. The zero-order valence-electron chi connectivity index (χ0n) is 16.2. The van der Waals surface area contributed by atoms with Gasteiger partial charge in [-0.1, -0.05) is 49.4 Å². The third kappa shape index (κ3) is 5.02. The standard InChI is InChI=1S/C21H20F3N3O2S/c1-2-3-12-27-19(29)14-8-4-6-10-16(14)26-20(27)30-13-18(28)25-17-11-7-5-9-15(17)21(22,23)24/h4-11H,2-3,12-13H2,1H3,(H,25,28). The molecule has 9 heteroatoms. The van der Waals surface area contributed by atoms with Crippen molar-refractivity contribution in [2.45, 2.75) is 37.6 Å². The monoisotopic (exact) mass is 435 g/mol. The van der Waals surface area contributed by atoms with E-state index in [1.165, 1.54) is 22.8 Å². The molecule has 0 aliphatic heterocycles. The lowest BCUT2D eigenvalue weighted by molar-refractivity contribution is -0.137. The number of unbranched alkanes of at least 4 members (excludes halogenated alkanes) is 1. The Labute approximate surface area is 175 Å². The first-order chi connectivity index (χ1) is 14.3. The number of para-hydroxylation sites is 2. The number of rotatable bonds is 7. The van der Waals surface area contributed by atoms with Gasteiger partial charge < -0.3 is 5.32 Å². The first-order valence-corrected chi connectivity index (χ1v) is 10.4. The summed E-state index contributed by atoms with van der Waals surface area (Å²) >= 11 is 1.03. The quantitative estimate of drug-likeness (QED) is 0.422. The fourth-order valence-corrected chi connectivity index (χ4v) is 3.75. The summed E-state index contributed by atoms with van der Waals surface area (Å²) in [6.45, 7) is 2.45. The summed E-state index contributed by atoms with van der Waals surface area (Å²) in [6.07, 6.45) is -2.94. The second kappa shape index (κ2) is 9.34. The number of hydrogen-bond donors (Lipinski definition) is 1. The number of thioether (sulfide) groups is 1. The van der Waals surface area contributed by atoms with Crippen molar-refractivity contribution in [1.82, 2.24) is 9.55 Å². The number of alkyl halides is 3. The van der Waals surface area contributed by atoms with E-state index in [2.05, 4.69) is 10.3 Å². The van der Waals surface area contributed by atoms with E-state index in [1.807, 2.05) is 6.92 Å². The van der Waals surface area contributed by atoms with Crippen molar-refractivity contribution in [2.75, 3.05) is 11.1 Å². The molecule has 0 radical (unpaired) electrons. The third-order valence-electron chi connectivity index (χ3n) is 4.40. The van der Waals surface area contributed by atoms with E-state index < -0.39 is 17.6 Å². The smallest absolute Gasteiger partial charge is 0.325 e. The zero-order chi connectivity index (χ0) is 21.7. The van der Waals surface area contributed by atoms with E-state index in [4.69, 9.17) is 0 Å². The lowest BCUT2D eigenvalue weighted by Crippen LogP contribution is -2.24. The van der Waals surface area contributed by atoms with E-state index in [-0.39, 0.29) is 17.0 Å². The number of nitrogens with one attached hydrogen (secondary N) is 1. The minimum absolute atomic E-state index is 0.177. The molecule has 5 nitrogen and oxygen atoms in total. The van der Waals surface area contributed by atoms with Gasteiger partial charge in [0.05, 0.1) is 27.9 Å². The molecule has 3 aromatic rings. The lowest BCUT2D eigenvalue weighted by atomic mass is 10.1. The molecule has 0 atom stereocenters. The number of fused-ring (bicyclic) bond motifs is 1. The average molecular weight is 435 g/mol. The molecule has 0 saturated heterocycles. The van der Waals surface area contributed by atoms with E-state index in [0.29, 0.717) is 22.6 Å². The van der Waals surface area contributed by atoms with Crippen molar-refractivity contribution < 1.29 is 18.0 Å². The molecule has 1 heterocycles. The highest BCUT2D eigenvalue weighted by atomic mass is 32.2. The van der Waals surface area contributed by atoms with Crippen LogP contribution in [0, 0.1) is 0 Å². The molecule has 30 heavy (non-hydrogen) atoms. The Balaban J connectivity index is 1.82. The van der Waals surface area contributed by atoms with E-state index in [9.17, 15) is 22.8 Å². The minimum atomic E-state index is -4.57. The Morgan fingerprint density at radius 2 is 1.83 bits per heavy atom. The first-order valence-electron chi connectivity index (χ1n) is 9.39. The van der Waals surface area contributed by atoms with Gasteiger partial charge in [-0.25, -0.2) is 4.98 Å². The summed E-state index contributed by atoms with van der Waals surface area (Å²) in [5.41, 5.74) is -0.891. The fraction of sp³-hybridized carbons (Fsp3) is 0.286. The highest BCUT2D eigenvalue weighted by Crippen LogP contribution is 2.34. The summed E-state index contributed by atoms with van der Waals surface area (Å²) < 4.78 is 40.8. The van der Waals surface area contributed by atoms with Crippen LogP contribution < -0.4 is 10.9 Å². The summed E-state index contributed by atoms with van der Waals surface area (Å²) in [5.74, 6) is -0.788. The van der Waals surface area contributed by atoms with E-state index in [0.717, 1.165) is 30.7 Å². The number of anilines is 1. The molecule has 0 bridgehead atoms. The minimum Gasteiger partial charge on any atom is -0.325 e. The molecule has 0 aliphatic rings. The summed E-state index contributed by atoms with van der Waals surface area (Å²) in [4.78, 5) is 29.6. The van der Waals surface area contributed by atoms with Crippen LogP contribution in [-0.2, 0) is 17.5 Å². The summed E-state index contributed by atoms with van der Waals surface area (Å²) in [5, 5.41) is 3.16. The fourth-order valence-electron chi connectivity index (χ4n) is 2.93. The van der Waals surface area contributed by atoms with E-state index >= 15 is 0 Å². The Bertz CT molecular complexity index is 1110. The third-order valence-corrected chi connectivity index (χ3v) is 5.38. The molecule has 0 saturated carbocycles. The molecular weight excluding hydrogens is 415 g/mol. The number of carbonyl (C=O) groups is 1. The van der Waals surface area contributed by atoms with Crippen LogP contribution in [0.4, 0.5) is 18.9 Å². The molecule has 1 aromatic heterocycles. The maximum absolute atomic E-state index is 13.1. The zero-order valence-corrected chi connectivity index (χ0v) is 17.0. The number of benzene rings is 2. The van der Waals surface area contributed by atoms with Gasteiger partial charge in [0.25, 0.3) is 5.56 Å². The van der Waals surface area contributed by atoms with Crippen molar-refractivity contribution in [2.24, 2.45) is 0 Å². The van der Waals surface area contributed by atoms with Gasteiger partial charge in [0.1, 0.15) is 0 Å². The molecule has 2 aromatic carbocycles. The van der Waals surface area contributed by atoms with Crippen LogP contribution in [0.1, 0.15) is 25.3 Å². The van der Waals surface area contributed by atoms with Gasteiger partial charge in [-0.2, -0.15) is 13.2 Å². The van der Waals surface area contributed by atoms with Crippen LogP contribution in [0.5, 0.6) is 0 Å². The van der Waals surface area contributed by atoms with Crippen LogP contribution in [-0.4, -0.2) is 21.2 Å². The van der Waals surface area contributed by atoms with Crippen molar-refractivity contribution in [3.05, 3.63) is 64.4 Å². The van der Waals surface area contributed by atoms with Gasteiger partial charge in [0.2, 0.25) is 5.91 Å². The predicted octanol–water partition coefficient (Wildman–Crippen LogP) is 4.95. The van der Waals surface area contributed by atoms with Crippen molar-refractivity contribution >= 4 is 34.3 Å². The highest BCUT2D eigenvalue weighted by Gasteiger charge is 2.33. The lowest BCUT2D eigenvalue weighted by Gasteiger charge is -2.14. The average Bonchev–Trinajstić information content (AvgIpc) is 2.71. The van der Waals surface area contributed by atoms with Crippen LogP contribution >= 0.6 is 11.8 Å². The SMILES string of the molecule is CCCCn1c(SCC(=O)Nc2ccccc2C(F)(F)F)nc2ccccc2c1=O. The van der Waals surface area contributed by atoms with Gasteiger partial charge in [0, 0.05) is 6.54 Å². The number of hydrogen-bond acceptors (Lipinski definition) is 4. The van der Waals surface area contributed by atoms with Crippen LogP contribution in [0.15, 0.2) is 58.5 Å². The number of halogens is 3. The Kier molecular flexibility index (Phi) is 6.81. The van der Waals surface area contributed by atoms with Crippen LogP contribution in [0.3, 0.4) is 0 Å². The maximum Gasteiger partial charge on any atom is 0.418 e. The summed E-state index contributed by atoms with van der Waals surface area (Å²) in [6, 6.07) is 11.7. The normalized spacial score (nSPS) is 11.6. The van der Waals surface area contributed by atoms with Gasteiger partial charge in [-0.15, -0.1) is 0 Å². The number of aromatic nitrogens is 2. The number of amides is 1. The Morgan fingerprint density at radius 3 is 2.57 bits per heavy atom. The topological polar surface area (TPSA) is 64.0 Å². The second-order valence-corrected chi connectivity index (χ2v) is 7.54. The van der Waals surface area contributed by atoms with Crippen molar-refractivity contribution in [1.29, 1.82) is 0 Å². The Morgan fingerprint density at radius 1 is 1.13 bits per heavy atom. The largest absolute Gasteiger partial charge is 0.418 e. The molecule has 3 rings (SSSR count). The van der Waals surface area contributed by atoms with Gasteiger partial charge >= 0.3 is 6.18 Å². The Hall–Kier alpha value is -2.81. The van der Waals surface area contributed by atoms with Gasteiger partial charge in [-0.05, 0) is 30.7 Å².